The molecule has 10 nitrogen and oxygen atoms in total. The Morgan fingerprint density at radius 2 is 1.90 bits per heavy atom. The minimum Gasteiger partial charge on any atom is -0.385 e. The monoisotopic (exact) mass is 674 g/mol. The van der Waals surface area contributed by atoms with E-state index < -0.39 is 29.3 Å². The third-order valence-corrected chi connectivity index (χ3v) is 11.4. The number of para-hydroxylation sites is 1. The van der Waals surface area contributed by atoms with Crippen LogP contribution in [0.2, 0.25) is 0 Å². The highest BCUT2D eigenvalue weighted by Gasteiger charge is 2.45. The number of ketones is 2. The summed E-state index contributed by atoms with van der Waals surface area (Å²) < 4.78 is 2.08. The van der Waals surface area contributed by atoms with Gasteiger partial charge in [-0.05, 0) is 92.5 Å². The third-order valence-electron chi connectivity index (χ3n) is 11.4. The molecule has 260 valence electrons. The highest BCUT2D eigenvalue weighted by Crippen LogP contribution is 2.41. The Balaban J connectivity index is 0.894. The minimum absolute atomic E-state index is 0.0690. The molecule has 4 aromatic rings. The predicted octanol–water partition coefficient (Wildman–Crippen LogP) is 7.10. The molecule has 3 N–H and O–H groups in total. The highest BCUT2D eigenvalue weighted by atomic mass is 16.2. The van der Waals surface area contributed by atoms with E-state index >= 15 is 0 Å². The van der Waals surface area contributed by atoms with Gasteiger partial charge in [0.15, 0.2) is 11.6 Å². The minimum atomic E-state index is -1.15. The molecule has 2 fully saturated rings. The first-order valence-corrected chi connectivity index (χ1v) is 18.3. The number of primary amides is 1. The predicted molar refractivity (Wildman–Crippen MR) is 192 cm³/mol. The molecule has 0 spiro atoms. The van der Waals surface area contributed by atoms with Gasteiger partial charge in [-0.2, -0.15) is 5.10 Å². The number of Topliss-reactive ketones (excluding diaryl/α,β-unsaturated/α-hetero) is 2. The van der Waals surface area contributed by atoms with E-state index in [0.717, 1.165) is 66.1 Å². The summed E-state index contributed by atoms with van der Waals surface area (Å²) in [7, 11) is 0. The fraction of sp³-hybridized carbons (Fsp3) is 0.475. The molecule has 7 rings (SSSR count). The molecule has 3 aliphatic carbocycles. The lowest BCUT2D eigenvalue weighted by atomic mass is 9.77. The Morgan fingerprint density at radius 1 is 1.06 bits per heavy atom. The van der Waals surface area contributed by atoms with Gasteiger partial charge in [-0.15, -0.1) is 0 Å². The van der Waals surface area contributed by atoms with E-state index in [1.165, 1.54) is 37.7 Å². The topological polar surface area (TPSA) is 150 Å². The van der Waals surface area contributed by atoms with E-state index in [2.05, 4.69) is 41.3 Å². The maximum Gasteiger partial charge on any atom is 0.221 e. The number of aromatic nitrogens is 4. The summed E-state index contributed by atoms with van der Waals surface area (Å²) in [6.45, 7) is 3.11. The van der Waals surface area contributed by atoms with Gasteiger partial charge in [0.2, 0.25) is 5.91 Å². The van der Waals surface area contributed by atoms with Gasteiger partial charge in [-0.25, -0.2) is 4.98 Å². The van der Waals surface area contributed by atoms with Crippen LogP contribution in [0, 0.1) is 23.7 Å². The quantitative estimate of drug-likeness (QED) is 0.0660. The van der Waals surface area contributed by atoms with Crippen molar-refractivity contribution in [1.82, 2.24) is 19.7 Å². The van der Waals surface area contributed by atoms with Crippen molar-refractivity contribution >= 4 is 40.5 Å². The number of nitrogens with one attached hydrogen (secondary N) is 1. The molecule has 4 unspecified atom stereocenters. The van der Waals surface area contributed by atoms with E-state index in [1.54, 1.807) is 18.2 Å². The van der Waals surface area contributed by atoms with Gasteiger partial charge >= 0.3 is 0 Å². The van der Waals surface area contributed by atoms with E-state index in [0.29, 0.717) is 35.3 Å². The largest absolute Gasteiger partial charge is 0.385 e. The number of anilines is 1. The molecule has 0 radical (unpaired) electrons. The molecule has 0 saturated heterocycles. The molecule has 2 saturated carbocycles. The number of carbonyl (C=O) groups is 4. The van der Waals surface area contributed by atoms with E-state index in [9.17, 15) is 19.2 Å². The van der Waals surface area contributed by atoms with Crippen LogP contribution in [-0.2, 0) is 9.59 Å². The van der Waals surface area contributed by atoms with Crippen molar-refractivity contribution in [2.75, 3.05) is 11.9 Å². The van der Waals surface area contributed by atoms with Crippen molar-refractivity contribution in [2.24, 2.45) is 29.4 Å². The molecule has 2 heterocycles. The fourth-order valence-corrected chi connectivity index (χ4v) is 8.39. The van der Waals surface area contributed by atoms with Crippen LogP contribution in [0.3, 0.4) is 0 Å². The number of benzene rings is 2. The Bertz CT molecular complexity index is 1910. The van der Waals surface area contributed by atoms with E-state index in [-0.39, 0.29) is 12.8 Å². The van der Waals surface area contributed by atoms with Gasteiger partial charge in [-0.1, -0.05) is 38.3 Å². The molecule has 2 aromatic carbocycles. The lowest BCUT2D eigenvalue weighted by Gasteiger charge is -2.35. The average Bonchev–Trinajstić information content (AvgIpc) is 3.59. The first-order valence-electron chi connectivity index (χ1n) is 18.3. The van der Waals surface area contributed by atoms with Crippen LogP contribution in [0.1, 0.15) is 116 Å². The van der Waals surface area contributed by atoms with Gasteiger partial charge in [-0.3, -0.25) is 24.0 Å². The van der Waals surface area contributed by atoms with Crippen molar-refractivity contribution in [2.45, 2.75) is 89.5 Å². The van der Waals surface area contributed by atoms with Crippen molar-refractivity contribution in [3.05, 3.63) is 71.7 Å². The van der Waals surface area contributed by atoms with Crippen LogP contribution in [-0.4, -0.2) is 50.1 Å². The van der Waals surface area contributed by atoms with Crippen LogP contribution in [0.5, 0.6) is 0 Å². The normalized spacial score (nSPS) is 24.0. The molecule has 10 heteroatoms. The molecule has 1 amide bonds. The summed E-state index contributed by atoms with van der Waals surface area (Å²) in [6.07, 6.45) is 17.3. The lowest BCUT2D eigenvalue weighted by molar-refractivity contribution is -0.123. The molecule has 3 aliphatic rings. The molecule has 0 bridgehead atoms. The fourth-order valence-electron chi connectivity index (χ4n) is 8.39. The van der Waals surface area contributed by atoms with Gasteiger partial charge in [0.05, 0.1) is 47.0 Å². The standard InChI is InChI=1S/C40H46N6O4/c1-24-6-2-8-26(13-12-24)30-9-3-11-34-37(30)43-22-35(45-34)27-21-44-46(23-27)29-18-25(19-29)7-4-16-42-28-14-15-31-33(20-28)39(49)36(38(31)48)32(40(41)50)10-5-17-47/h3,9,11,14-15,17,20-26,29,32,36,42H,2,4-8,10,12-13,16,18-19H2,1H3,(H2,41,50). The van der Waals surface area contributed by atoms with Crippen LogP contribution in [0.15, 0.2) is 55.0 Å². The Hall–Kier alpha value is -4.73. The zero-order valence-corrected chi connectivity index (χ0v) is 28.7. The summed E-state index contributed by atoms with van der Waals surface area (Å²) in [5.74, 6) is -1.67. The van der Waals surface area contributed by atoms with E-state index in [1.807, 2.05) is 12.4 Å². The number of hydrogen-bond donors (Lipinski definition) is 2. The smallest absolute Gasteiger partial charge is 0.221 e. The number of carbonyl (C=O) groups excluding carboxylic acids is 4. The van der Waals surface area contributed by atoms with Gasteiger partial charge in [0.1, 0.15) is 6.29 Å². The number of rotatable bonds is 13. The van der Waals surface area contributed by atoms with Crippen LogP contribution in [0.25, 0.3) is 22.3 Å². The second kappa shape index (κ2) is 14.6. The summed E-state index contributed by atoms with van der Waals surface area (Å²) in [5, 5.41) is 8.08. The van der Waals surface area contributed by atoms with Crippen LogP contribution in [0.4, 0.5) is 5.69 Å². The molecular weight excluding hydrogens is 628 g/mol. The second-order valence-electron chi connectivity index (χ2n) is 14.8. The second-order valence-corrected chi connectivity index (χ2v) is 14.8. The Kier molecular flexibility index (Phi) is 9.88. The molecule has 2 aromatic heterocycles. The zero-order chi connectivity index (χ0) is 34.8. The lowest BCUT2D eigenvalue weighted by Crippen LogP contribution is -2.35. The Morgan fingerprint density at radius 3 is 2.72 bits per heavy atom. The van der Waals surface area contributed by atoms with Gasteiger partial charge < -0.3 is 15.8 Å². The number of fused-ring (bicyclic) bond motifs is 2. The van der Waals surface area contributed by atoms with Crippen molar-refractivity contribution in [1.29, 1.82) is 0 Å². The number of nitrogens with zero attached hydrogens (tertiary/aromatic N) is 4. The zero-order valence-electron chi connectivity index (χ0n) is 28.7. The summed E-state index contributed by atoms with van der Waals surface area (Å²) in [4.78, 5) is 58.9. The van der Waals surface area contributed by atoms with Crippen LogP contribution < -0.4 is 11.1 Å². The number of aldehydes is 1. The average molecular weight is 675 g/mol. The molecule has 4 atom stereocenters. The Labute approximate surface area is 292 Å². The van der Waals surface area contributed by atoms with E-state index in [4.69, 9.17) is 20.8 Å². The SMILES string of the molecule is CC1CCCC(c2cccc3nc(-c4cnn(C5CC(CCCNc6ccc7c(c6)C(=O)C(C(CCC=O)C(N)=O)C7=O)C5)c4)cnc23)CC1. The van der Waals surface area contributed by atoms with Crippen molar-refractivity contribution in [3.63, 3.8) is 0 Å². The third kappa shape index (κ3) is 6.85. The number of hydrogen-bond acceptors (Lipinski definition) is 8. The summed E-state index contributed by atoms with van der Waals surface area (Å²) in [5.41, 5.74) is 12.1. The molecule has 50 heavy (non-hydrogen) atoms. The molecule has 0 aliphatic heterocycles. The van der Waals surface area contributed by atoms with Crippen molar-refractivity contribution < 1.29 is 19.2 Å². The van der Waals surface area contributed by atoms with Crippen molar-refractivity contribution in [3.8, 4) is 11.3 Å². The first-order chi connectivity index (χ1) is 24.3. The maximum absolute atomic E-state index is 13.1. The molecular formula is C40H46N6O4. The number of amides is 1. The number of nitrogens with two attached hydrogens (primary N) is 1. The first kappa shape index (κ1) is 33.8. The van der Waals surface area contributed by atoms with Gasteiger partial charge in [0, 0.05) is 41.5 Å². The summed E-state index contributed by atoms with van der Waals surface area (Å²) >= 11 is 0. The van der Waals surface area contributed by atoms with Crippen LogP contribution >= 0.6 is 0 Å². The summed E-state index contributed by atoms with van der Waals surface area (Å²) in [6, 6.07) is 12.0. The van der Waals surface area contributed by atoms with Gasteiger partial charge in [0.25, 0.3) is 0 Å². The highest BCUT2D eigenvalue weighted by molar-refractivity contribution is 6.28. The maximum atomic E-state index is 13.1.